The predicted molar refractivity (Wildman–Crippen MR) is 75.9 cm³/mol. The molecule has 0 bridgehead atoms. The number of hydrogen-bond donors (Lipinski definition) is 1. The molecule has 0 aromatic rings. The fourth-order valence-electron chi connectivity index (χ4n) is 2.34. The number of ether oxygens (including phenoxy) is 1. The minimum atomic E-state index is -3.15. The molecule has 0 aromatic heterocycles. The molecule has 1 saturated heterocycles. The van der Waals surface area contributed by atoms with E-state index >= 15 is 0 Å². The molecule has 6 nitrogen and oxygen atoms in total. The van der Waals surface area contributed by atoms with Gasteiger partial charge in [-0.15, -0.1) is 0 Å². The highest BCUT2D eigenvalue weighted by molar-refractivity contribution is 7.90. The van der Waals surface area contributed by atoms with E-state index < -0.39 is 21.7 Å². The molecular formula is C13H24N2O4S. The molecule has 1 saturated carbocycles. The van der Waals surface area contributed by atoms with Crippen molar-refractivity contribution in [3.05, 3.63) is 0 Å². The highest BCUT2D eigenvalue weighted by Gasteiger charge is 2.41. The smallest absolute Gasteiger partial charge is 0.407 e. The van der Waals surface area contributed by atoms with Crippen LogP contribution in [0.15, 0.2) is 0 Å². The van der Waals surface area contributed by atoms with Crippen molar-refractivity contribution in [2.75, 3.05) is 13.1 Å². The number of hydrogen-bond acceptors (Lipinski definition) is 4. The van der Waals surface area contributed by atoms with Gasteiger partial charge in [-0.25, -0.2) is 13.2 Å². The second-order valence-electron chi connectivity index (χ2n) is 6.59. The van der Waals surface area contributed by atoms with Gasteiger partial charge in [-0.1, -0.05) is 0 Å². The molecule has 116 valence electrons. The Labute approximate surface area is 120 Å². The van der Waals surface area contributed by atoms with E-state index in [-0.39, 0.29) is 11.3 Å². The van der Waals surface area contributed by atoms with E-state index in [1.807, 2.05) is 0 Å². The number of nitrogens with zero attached hydrogens (tertiary/aromatic N) is 1. The van der Waals surface area contributed by atoms with Crippen molar-refractivity contribution in [2.24, 2.45) is 0 Å². The summed E-state index contributed by atoms with van der Waals surface area (Å²) in [5.74, 6) is 0. The first-order valence-corrected chi connectivity index (χ1v) is 8.67. The Morgan fingerprint density at radius 2 is 1.90 bits per heavy atom. The summed E-state index contributed by atoms with van der Waals surface area (Å²) in [5, 5.41) is 2.58. The number of rotatable bonds is 3. The molecule has 1 amide bonds. The molecule has 2 rings (SSSR count). The Morgan fingerprint density at radius 3 is 2.45 bits per heavy atom. The molecule has 0 unspecified atom stereocenters. The lowest BCUT2D eigenvalue weighted by molar-refractivity contribution is 0.0487. The van der Waals surface area contributed by atoms with Gasteiger partial charge < -0.3 is 10.1 Å². The molecule has 1 atom stereocenters. The molecular weight excluding hydrogens is 280 g/mol. The van der Waals surface area contributed by atoms with Crippen LogP contribution in [0.3, 0.4) is 0 Å². The molecule has 1 N–H and O–H groups in total. The molecule has 2 aliphatic rings. The van der Waals surface area contributed by atoms with Gasteiger partial charge in [-0.3, -0.25) is 0 Å². The summed E-state index contributed by atoms with van der Waals surface area (Å²) in [6.45, 7) is 6.33. The first-order chi connectivity index (χ1) is 9.18. The van der Waals surface area contributed by atoms with Crippen LogP contribution in [-0.4, -0.2) is 48.8 Å². The van der Waals surface area contributed by atoms with Crippen LogP contribution in [0.1, 0.15) is 46.5 Å². The quantitative estimate of drug-likeness (QED) is 0.856. The third-order valence-electron chi connectivity index (χ3n) is 3.41. The zero-order valence-electron chi connectivity index (χ0n) is 12.4. The van der Waals surface area contributed by atoms with Crippen molar-refractivity contribution in [1.29, 1.82) is 0 Å². The van der Waals surface area contributed by atoms with E-state index in [4.69, 9.17) is 4.74 Å². The number of carbonyl (C=O) groups is 1. The van der Waals surface area contributed by atoms with Gasteiger partial charge in [-0.05, 0) is 46.5 Å². The standard InChI is InChI=1S/C13H24N2O4S/c1-13(2,3)19-12(16)14-10-5-4-8-15(9-10)20(17,18)11-6-7-11/h10-11H,4-9H2,1-3H3,(H,14,16)/t10-/m1/s1. The maximum absolute atomic E-state index is 12.2. The van der Waals surface area contributed by atoms with Gasteiger partial charge in [-0.2, -0.15) is 4.31 Å². The fourth-order valence-corrected chi connectivity index (χ4v) is 4.27. The first kappa shape index (κ1) is 15.6. The molecule has 0 aromatic carbocycles. The molecule has 0 spiro atoms. The Hall–Kier alpha value is -0.820. The van der Waals surface area contributed by atoms with E-state index in [0.29, 0.717) is 13.1 Å². The zero-order valence-corrected chi connectivity index (χ0v) is 13.2. The molecule has 0 radical (unpaired) electrons. The Balaban J connectivity index is 1.89. The number of alkyl carbamates (subject to hydrolysis) is 1. The highest BCUT2D eigenvalue weighted by atomic mass is 32.2. The third-order valence-corrected chi connectivity index (χ3v) is 5.78. The molecule has 2 fully saturated rings. The number of sulfonamides is 1. The van der Waals surface area contributed by atoms with Crippen LogP contribution in [0, 0.1) is 0 Å². The van der Waals surface area contributed by atoms with Crippen molar-refractivity contribution in [3.63, 3.8) is 0 Å². The van der Waals surface area contributed by atoms with Crippen molar-refractivity contribution >= 4 is 16.1 Å². The largest absolute Gasteiger partial charge is 0.444 e. The average Bonchev–Trinajstić information content (AvgIpc) is 3.10. The molecule has 1 aliphatic heterocycles. The van der Waals surface area contributed by atoms with Gasteiger partial charge in [0.1, 0.15) is 5.60 Å². The van der Waals surface area contributed by atoms with Crippen LogP contribution in [0.2, 0.25) is 0 Å². The van der Waals surface area contributed by atoms with E-state index in [9.17, 15) is 13.2 Å². The summed E-state index contributed by atoms with van der Waals surface area (Å²) in [7, 11) is -3.15. The zero-order chi connectivity index (χ0) is 15.0. The van der Waals surface area contributed by atoms with Gasteiger partial charge in [0.2, 0.25) is 10.0 Å². The maximum Gasteiger partial charge on any atom is 0.407 e. The first-order valence-electron chi connectivity index (χ1n) is 7.17. The second-order valence-corrected chi connectivity index (χ2v) is 8.80. The van der Waals surface area contributed by atoms with Crippen LogP contribution in [0.4, 0.5) is 4.79 Å². The Bertz CT molecular complexity index is 465. The molecule has 20 heavy (non-hydrogen) atoms. The lowest BCUT2D eigenvalue weighted by atomic mass is 10.1. The summed E-state index contributed by atoms with van der Waals surface area (Å²) >= 11 is 0. The number of nitrogens with one attached hydrogen (secondary N) is 1. The van der Waals surface area contributed by atoms with Crippen molar-refractivity contribution in [3.8, 4) is 0 Å². The normalized spacial score (nSPS) is 25.2. The van der Waals surface area contributed by atoms with Crippen molar-refractivity contribution in [1.82, 2.24) is 9.62 Å². The molecule has 1 aliphatic carbocycles. The number of piperidine rings is 1. The number of amides is 1. The van der Waals surface area contributed by atoms with E-state index in [0.717, 1.165) is 25.7 Å². The predicted octanol–water partition coefficient (Wildman–Crippen LogP) is 1.47. The Kier molecular flexibility index (Phi) is 4.30. The van der Waals surface area contributed by atoms with Crippen LogP contribution in [0.25, 0.3) is 0 Å². The fraction of sp³-hybridized carbons (Fsp3) is 0.923. The summed E-state index contributed by atoms with van der Waals surface area (Å²) < 4.78 is 31.1. The number of carbonyl (C=O) groups excluding carboxylic acids is 1. The lowest BCUT2D eigenvalue weighted by Gasteiger charge is -2.32. The molecule has 7 heteroatoms. The van der Waals surface area contributed by atoms with Crippen LogP contribution in [0.5, 0.6) is 0 Å². The minimum Gasteiger partial charge on any atom is -0.444 e. The maximum atomic E-state index is 12.2. The van der Waals surface area contributed by atoms with E-state index in [1.54, 1.807) is 20.8 Å². The highest BCUT2D eigenvalue weighted by Crippen LogP contribution is 2.32. The van der Waals surface area contributed by atoms with Crippen LogP contribution in [-0.2, 0) is 14.8 Å². The van der Waals surface area contributed by atoms with Crippen LogP contribution >= 0.6 is 0 Å². The van der Waals surface area contributed by atoms with Gasteiger partial charge in [0, 0.05) is 19.1 Å². The average molecular weight is 304 g/mol. The monoisotopic (exact) mass is 304 g/mol. The third kappa shape index (κ3) is 4.09. The van der Waals surface area contributed by atoms with Gasteiger partial charge in [0.15, 0.2) is 0 Å². The lowest BCUT2D eigenvalue weighted by Crippen LogP contribution is -2.51. The summed E-state index contributed by atoms with van der Waals surface area (Å²) in [5.41, 5.74) is -0.543. The van der Waals surface area contributed by atoms with Gasteiger partial charge >= 0.3 is 6.09 Å². The SMILES string of the molecule is CC(C)(C)OC(=O)N[C@@H]1CCCN(S(=O)(=O)C2CC2)C1. The van der Waals surface area contributed by atoms with E-state index in [1.165, 1.54) is 4.31 Å². The second kappa shape index (κ2) is 5.52. The van der Waals surface area contributed by atoms with Gasteiger partial charge in [0.05, 0.1) is 5.25 Å². The van der Waals surface area contributed by atoms with Gasteiger partial charge in [0.25, 0.3) is 0 Å². The Morgan fingerprint density at radius 1 is 1.25 bits per heavy atom. The van der Waals surface area contributed by atoms with Crippen molar-refractivity contribution < 1.29 is 17.9 Å². The molecule has 1 heterocycles. The summed E-state index contributed by atoms with van der Waals surface area (Å²) in [6.07, 6.45) is 2.61. The summed E-state index contributed by atoms with van der Waals surface area (Å²) in [6, 6.07) is -0.160. The summed E-state index contributed by atoms with van der Waals surface area (Å²) in [4.78, 5) is 11.7. The van der Waals surface area contributed by atoms with E-state index in [2.05, 4.69) is 5.32 Å². The van der Waals surface area contributed by atoms with Crippen LogP contribution < -0.4 is 5.32 Å². The minimum absolute atomic E-state index is 0.160. The topological polar surface area (TPSA) is 75.7 Å². The van der Waals surface area contributed by atoms with Crippen molar-refractivity contribution in [2.45, 2.75) is 63.3 Å².